The molecule has 0 spiro atoms. The van der Waals surface area contributed by atoms with E-state index in [1.54, 1.807) is 5.01 Å². The molecule has 4 aliphatic rings. The number of aliphatic imine (C=N–C) groups is 1. The first kappa shape index (κ1) is 22.5. The van der Waals surface area contributed by atoms with Crippen molar-refractivity contribution in [2.45, 2.75) is 12.6 Å². The van der Waals surface area contributed by atoms with Gasteiger partial charge in [-0.2, -0.15) is 0 Å². The summed E-state index contributed by atoms with van der Waals surface area (Å²) in [5.41, 5.74) is 7.80. The highest BCUT2D eigenvalue weighted by Crippen LogP contribution is 2.45. The van der Waals surface area contributed by atoms with Gasteiger partial charge in [0.05, 0.1) is 42.1 Å². The maximum absolute atomic E-state index is 13.2. The Morgan fingerprint density at radius 3 is 2.83 bits per heavy atom. The summed E-state index contributed by atoms with van der Waals surface area (Å²) < 4.78 is 5.69. The van der Waals surface area contributed by atoms with Crippen molar-refractivity contribution >= 4 is 45.1 Å². The molecule has 0 saturated carbocycles. The average Bonchev–Trinajstić information content (AvgIpc) is 3.54. The lowest BCUT2D eigenvalue weighted by Gasteiger charge is -2.31. The number of fused-ring (bicyclic) bond motifs is 4. The number of hydrogen-bond donors (Lipinski definition) is 1. The van der Waals surface area contributed by atoms with Crippen LogP contribution in [0.1, 0.15) is 5.56 Å². The van der Waals surface area contributed by atoms with Crippen LogP contribution in [0.4, 0.5) is 10.5 Å². The van der Waals surface area contributed by atoms with Gasteiger partial charge in [-0.1, -0.05) is 54.1 Å². The number of hydrogen-bond acceptors (Lipinski definition) is 6. The number of nitrogens with one attached hydrogen (secondary N) is 1. The van der Waals surface area contributed by atoms with Crippen molar-refractivity contribution in [1.82, 2.24) is 15.3 Å². The Bertz CT molecular complexity index is 1310. The largest absolute Gasteiger partial charge is 0.448 e. The first-order valence-corrected chi connectivity index (χ1v) is 13.6. The first-order chi connectivity index (χ1) is 17.1. The minimum Gasteiger partial charge on any atom is -0.448 e. The fourth-order valence-corrected chi connectivity index (χ4v) is 7.28. The zero-order chi connectivity index (χ0) is 23.9. The van der Waals surface area contributed by atoms with Gasteiger partial charge in [0.25, 0.3) is 0 Å². The van der Waals surface area contributed by atoms with E-state index in [4.69, 9.17) is 16.3 Å². The van der Waals surface area contributed by atoms with Crippen LogP contribution in [0.2, 0.25) is 5.02 Å². The molecule has 35 heavy (non-hydrogen) atoms. The molecule has 2 aromatic rings. The quantitative estimate of drug-likeness (QED) is 0.628. The van der Waals surface area contributed by atoms with Crippen LogP contribution in [0.15, 0.2) is 81.8 Å². The van der Waals surface area contributed by atoms with Gasteiger partial charge in [-0.05, 0) is 29.5 Å². The van der Waals surface area contributed by atoms with Crippen molar-refractivity contribution in [3.05, 3.63) is 87.4 Å². The van der Waals surface area contributed by atoms with Crippen LogP contribution in [-0.2, 0) is 11.2 Å². The molecular weight excluding hydrogens is 482 g/mol. The number of hydrazine groups is 1. The molecule has 1 N–H and O–H groups in total. The van der Waals surface area contributed by atoms with Gasteiger partial charge in [0.1, 0.15) is 6.17 Å². The van der Waals surface area contributed by atoms with E-state index in [1.807, 2.05) is 60.8 Å². The van der Waals surface area contributed by atoms with E-state index >= 15 is 0 Å². The molecule has 1 amide bonds. The fourth-order valence-electron chi connectivity index (χ4n) is 5.00. The average molecular weight is 508 g/mol. The predicted octanol–water partition coefficient (Wildman–Crippen LogP) is 4.21. The number of carbonyl (C=O) groups is 1. The third-order valence-corrected chi connectivity index (χ3v) is 9.09. The molecule has 4 heterocycles. The van der Waals surface area contributed by atoms with Crippen LogP contribution in [0, 0.1) is 0 Å². The molecule has 0 aliphatic carbocycles. The SMILES string of the molecule is CS1=C2C(=CN(c3ccccc3Cl)CC3N2CNN3C(=O)OCCc2ccccc2)C2=C1C=NC2. The number of nitrogens with zero attached hydrogens (tertiary/aromatic N) is 4. The number of anilines is 1. The van der Waals surface area contributed by atoms with Gasteiger partial charge < -0.3 is 9.64 Å². The Morgan fingerprint density at radius 2 is 2.00 bits per heavy atom. The highest BCUT2D eigenvalue weighted by Gasteiger charge is 2.45. The van der Waals surface area contributed by atoms with Crippen LogP contribution in [0.5, 0.6) is 0 Å². The molecule has 180 valence electrons. The summed E-state index contributed by atoms with van der Waals surface area (Å²) in [6.07, 6.45) is 6.51. The Balaban J connectivity index is 1.30. The van der Waals surface area contributed by atoms with E-state index in [2.05, 4.69) is 32.7 Å². The molecular formula is C26H26ClN5O2S. The number of allylic oxidation sites excluding steroid dienone is 1. The van der Waals surface area contributed by atoms with Gasteiger partial charge in [-0.3, -0.25) is 4.99 Å². The second-order valence-electron chi connectivity index (χ2n) is 8.76. The molecule has 4 aliphatic heterocycles. The number of carbonyl (C=O) groups excluding carboxylic acids is 1. The number of rotatable bonds is 4. The van der Waals surface area contributed by atoms with Crippen LogP contribution in [0.3, 0.4) is 0 Å². The molecule has 1 fully saturated rings. The summed E-state index contributed by atoms with van der Waals surface area (Å²) in [6.45, 7) is 2.11. The van der Waals surface area contributed by atoms with Gasteiger partial charge in [0.2, 0.25) is 0 Å². The molecule has 2 atom stereocenters. The number of amides is 1. The highest BCUT2D eigenvalue weighted by atomic mass is 35.5. The van der Waals surface area contributed by atoms with E-state index in [0.29, 0.717) is 37.8 Å². The molecule has 9 heteroatoms. The van der Waals surface area contributed by atoms with E-state index in [0.717, 1.165) is 11.3 Å². The summed E-state index contributed by atoms with van der Waals surface area (Å²) in [4.78, 5) is 24.7. The van der Waals surface area contributed by atoms with Crippen LogP contribution < -0.4 is 10.3 Å². The van der Waals surface area contributed by atoms with Gasteiger partial charge in [-0.25, -0.2) is 20.1 Å². The van der Waals surface area contributed by atoms with E-state index in [-0.39, 0.29) is 22.7 Å². The number of benzene rings is 2. The smallest absolute Gasteiger partial charge is 0.425 e. The summed E-state index contributed by atoms with van der Waals surface area (Å²) in [5, 5.41) is 2.31. The molecule has 0 aromatic heterocycles. The maximum Gasteiger partial charge on any atom is 0.425 e. The monoisotopic (exact) mass is 507 g/mol. The lowest BCUT2D eigenvalue weighted by Crippen LogP contribution is -2.50. The van der Waals surface area contributed by atoms with Gasteiger partial charge >= 0.3 is 6.09 Å². The van der Waals surface area contributed by atoms with Crippen LogP contribution in [0.25, 0.3) is 0 Å². The summed E-state index contributed by atoms with van der Waals surface area (Å²) >= 11 is 6.62. The van der Waals surface area contributed by atoms with E-state index < -0.39 is 0 Å². The van der Waals surface area contributed by atoms with Crippen molar-refractivity contribution < 1.29 is 9.53 Å². The second kappa shape index (κ2) is 9.28. The minimum absolute atomic E-state index is 0.125. The Hall–Kier alpha value is -2.91. The zero-order valence-electron chi connectivity index (χ0n) is 19.4. The van der Waals surface area contributed by atoms with E-state index in [1.165, 1.54) is 21.0 Å². The zero-order valence-corrected chi connectivity index (χ0v) is 20.9. The van der Waals surface area contributed by atoms with Gasteiger partial charge in [0, 0.05) is 29.3 Å². The Morgan fingerprint density at radius 1 is 1.20 bits per heavy atom. The van der Waals surface area contributed by atoms with Gasteiger partial charge in [0.15, 0.2) is 0 Å². The maximum atomic E-state index is 13.2. The lowest BCUT2D eigenvalue weighted by atomic mass is 10.1. The van der Waals surface area contributed by atoms with Crippen LogP contribution >= 0.6 is 22.1 Å². The standard InChI is InChI=1S/C26H26ClN5O2S/c1-35-23-14-28-13-19(23)20-15-30(22-10-6-5-9-21(22)27)16-24-31(25(20)35)17-29-32(24)26(33)34-12-11-18-7-3-2-4-8-18/h2-10,14-15,24,29H,11-13,16-17H2,1H3. The summed E-state index contributed by atoms with van der Waals surface area (Å²) in [5.74, 6) is 0. The van der Waals surface area contributed by atoms with Crippen molar-refractivity contribution in [2.24, 2.45) is 4.99 Å². The molecule has 6 rings (SSSR count). The predicted molar refractivity (Wildman–Crippen MR) is 143 cm³/mol. The first-order valence-electron chi connectivity index (χ1n) is 11.6. The molecule has 2 unspecified atom stereocenters. The molecule has 0 bridgehead atoms. The summed E-state index contributed by atoms with van der Waals surface area (Å²) in [6, 6.07) is 17.9. The molecule has 2 aromatic carbocycles. The molecule has 0 radical (unpaired) electrons. The minimum atomic E-state index is -0.368. The van der Waals surface area contributed by atoms with Crippen molar-refractivity contribution in [3.63, 3.8) is 0 Å². The van der Waals surface area contributed by atoms with Gasteiger partial charge in [-0.15, -0.1) is 10.5 Å². The Kier molecular flexibility index (Phi) is 5.98. The van der Waals surface area contributed by atoms with Crippen molar-refractivity contribution in [2.75, 3.05) is 37.5 Å². The van der Waals surface area contributed by atoms with E-state index in [9.17, 15) is 4.79 Å². The highest BCUT2D eigenvalue weighted by molar-refractivity contribution is 8.20. The topological polar surface area (TPSA) is 60.4 Å². The third kappa shape index (κ3) is 4.00. The fraction of sp³-hybridized carbons (Fsp3) is 0.269. The Labute approximate surface area is 212 Å². The molecule has 1 saturated heterocycles. The van der Waals surface area contributed by atoms with Crippen LogP contribution in [-0.4, -0.2) is 66.0 Å². The number of para-hydroxylation sites is 1. The summed E-state index contributed by atoms with van der Waals surface area (Å²) in [7, 11) is -0.125. The molecule has 7 nitrogen and oxygen atoms in total. The lowest BCUT2D eigenvalue weighted by molar-refractivity contribution is 0.0751. The number of ether oxygens (including phenoxy) is 1. The normalized spacial score (nSPS) is 23.3. The second-order valence-corrected chi connectivity index (χ2v) is 11.0. The number of halogens is 1. The van der Waals surface area contributed by atoms with Crippen molar-refractivity contribution in [1.29, 1.82) is 0 Å². The third-order valence-electron chi connectivity index (χ3n) is 6.72. The van der Waals surface area contributed by atoms with Crippen molar-refractivity contribution in [3.8, 4) is 0 Å².